The first-order chi connectivity index (χ1) is 14.4. The van der Waals surface area contributed by atoms with Gasteiger partial charge in [-0.15, -0.1) is 0 Å². The summed E-state index contributed by atoms with van der Waals surface area (Å²) in [6.07, 6.45) is 8.71. The van der Waals surface area contributed by atoms with Crippen LogP contribution >= 0.6 is 0 Å². The predicted molar refractivity (Wildman–Crippen MR) is 116 cm³/mol. The summed E-state index contributed by atoms with van der Waals surface area (Å²) in [5.41, 5.74) is 10.1. The Hall–Kier alpha value is -2.64. The molecule has 0 radical (unpaired) electrons. The van der Waals surface area contributed by atoms with E-state index in [1.165, 1.54) is 12.1 Å². The quantitative estimate of drug-likeness (QED) is 0.553. The van der Waals surface area contributed by atoms with Gasteiger partial charge in [-0.2, -0.15) is 0 Å². The van der Waals surface area contributed by atoms with Crippen LogP contribution in [0.3, 0.4) is 0 Å². The highest BCUT2D eigenvalue weighted by atomic mass is 19.1. The molecule has 2 heterocycles. The molecule has 4 rings (SSSR count). The smallest absolute Gasteiger partial charge is 0.233 e. The van der Waals surface area contributed by atoms with Crippen LogP contribution < -0.4 is 21.7 Å². The number of dihydropyridines is 1. The summed E-state index contributed by atoms with van der Waals surface area (Å²) in [6, 6.07) is 4.97. The van der Waals surface area contributed by atoms with Gasteiger partial charge in [0.2, 0.25) is 5.91 Å². The Bertz CT molecular complexity index is 932. The fourth-order valence-electron chi connectivity index (χ4n) is 4.33. The van der Waals surface area contributed by atoms with E-state index in [1.54, 1.807) is 13.2 Å². The largest absolute Gasteiger partial charge is 0.394 e. The first-order valence-electron chi connectivity index (χ1n) is 10.5. The van der Waals surface area contributed by atoms with Gasteiger partial charge in [0.15, 0.2) is 0 Å². The van der Waals surface area contributed by atoms with Gasteiger partial charge in [0, 0.05) is 44.3 Å². The van der Waals surface area contributed by atoms with E-state index in [1.807, 2.05) is 30.0 Å². The number of carbonyl (C=O) groups is 1. The van der Waals surface area contributed by atoms with Gasteiger partial charge in [-0.25, -0.2) is 4.39 Å². The Kier molecular flexibility index (Phi) is 5.66. The van der Waals surface area contributed by atoms with Gasteiger partial charge in [-0.3, -0.25) is 10.1 Å². The molecule has 30 heavy (non-hydrogen) atoms. The second-order valence-corrected chi connectivity index (χ2v) is 8.42. The highest BCUT2D eigenvalue weighted by Gasteiger charge is 2.56. The SMILES string of the molecule is CN/C=C(\CN)c1cc(F)cc(CNC2C=C(N3CCC4(CC4)C3=O)C=C(C)N2)c1. The van der Waals surface area contributed by atoms with E-state index >= 15 is 0 Å². The molecule has 1 amide bonds. The molecule has 1 aliphatic carbocycles. The Morgan fingerprint density at radius 1 is 1.37 bits per heavy atom. The maximum atomic E-state index is 14.2. The molecule has 3 aliphatic rings. The second-order valence-electron chi connectivity index (χ2n) is 8.42. The van der Waals surface area contributed by atoms with Gasteiger partial charge < -0.3 is 21.3 Å². The molecule has 2 fully saturated rings. The Labute approximate surface area is 177 Å². The van der Waals surface area contributed by atoms with Gasteiger partial charge >= 0.3 is 0 Å². The fraction of sp³-hybridized carbons (Fsp3) is 0.435. The first kappa shape index (κ1) is 20.6. The summed E-state index contributed by atoms with van der Waals surface area (Å²) in [4.78, 5) is 14.7. The lowest BCUT2D eigenvalue weighted by Gasteiger charge is -2.28. The summed E-state index contributed by atoms with van der Waals surface area (Å²) in [5, 5.41) is 9.75. The van der Waals surface area contributed by atoms with E-state index in [0.717, 1.165) is 53.9 Å². The van der Waals surface area contributed by atoms with Crippen molar-refractivity contribution in [3.8, 4) is 0 Å². The molecule has 1 aromatic carbocycles. The lowest BCUT2D eigenvalue weighted by atomic mass is 10.0. The van der Waals surface area contributed by atoms with Crippen LogP contribution in [0.5, 0.6) is 0 Å². The van der Waals surface area contributed by atoms with Crippen molar-refractivity contribution in [1.29, 1.82) is 0 Å². The molecule has 1 unspecified atom stereocenters. The van der Waals surface area contributed by atoms with Crippen molar-refractivity contribution >= 4 is 11.5 Å². The zero-order valence-corrected chi connectivity index (χ0v) is 17.6. The van der Waals surface area contributed by atoms with E-state index in [-0.39, 0.29) is 23.3 Å². The average Bonchev–Trinajstić information content (AvgIpc) is 3.43. The van der Waals surface area contributed by atoms with Gasteiger partial charge in [-0.1, -0.05) is 0 Å². The standard InChI is InChI=1S/C23H30FN5O/c1-15-7-20(29-6-5-23(3-4-23)22(29)30)11-21(28-15)27-13-16-8-17(10-19(24)9-16)18(12-25)14-26-2/h7-11,14,21,26-28H,3-6,12-13,25H2,1-2H3/b18-14+. The third kappa shape index (κ3) is 4.13. The van der Waals surface area contributed by atoms with Crippen molar-refractivity contribution < 1.29 is 9.18 Å². The summed E-state index contributed by atoms with van der Waals surface area (Å²) in [7, 11) is 1.79. The minimum atomic E-state index is -0.291. The van der Waals surface area contributed by atoms with E-state index in [4.69, 9.17) is 5.73 Å². The zero-order valence-electron chi connectivity index (χ0n) is 17.6. The van der Waals surface area contributed by atoms with E-state index in [2.05, 4.69) is 16.0 Å². The van der Waals surface area contributed by atoms with Crippen LogP contribution in [0.25, 0.3) is 5.57 Å². The third-order valence-corrected chi connectivity index (χ3v) is 6.16. The second kappa shape index (κ2) is 8.24. The number of nitrogens with two attached hydrogens (primary N) is 1. The maximum absolute atomic E-state index is 14.2. The van der Waals surface area contributed by atoms with Gasteiger partial charge in [0.05, 0.1) is 11.6 Å². The van der Waals surface area contributed by atoms with Crippen molar-refractivity contribution in [1.82, 2.24) is 20.9 Å². The molecule has 2 aliphatic heterocycles. The average molecular weight is 412 g/mol. The number of benzene rings is 1. The minimum absolute atomic E-state index is 0.0735. The van der Waals surface area contributed by atoms with Crippen molar-refractivity contribution in [2.75, 3.05) is 20.1 Å². The minimum Gasteiger partial charge on any atom is -0.394 e. The Balaban J connectivity index is 1.46. The van der Waals surface area contributed by atoms with Gasteiger partial charge in [0.1, 0.15) is 5.82 Å². The lowest BCUT2D eigenvalue weighted by Crippen LogP contribution is -2.43. The first-order valence-corrected chi connectivity index (χ1v) is 10.5. The molecule has 6 nitrogen and oxygen atoms in total. The maximum Gasteiger partial charge on any atom is 0.233 e. The number of nitrogens with one attached hydrogen (secondary N) is 3. The molecule has 1 saturated carbocycles. The van der Waals surface area contributed by atoms with Crippen molar-refractivity contribution in [2.45, 2.75) is 38.9 Å². The fourth-order valence-corrected chi connectivity index (χ4v) is 4.33. The topological polar surface area (TPSA) is 82.4 Å². The number of halogens is 1. The van der Waals surface area contributed by atoms with Crippen molar-refractivity contribution in [3.05, 3.63) is 64.9 Å². The molecular weight excluding hydrogens is 381 g/mol. The summed E-state index contributed by atoms with van der Waals surface area (Å²) in [5.74, 6) is -0.0279. The van der Waals surface area contributed by atoms with Gasteiger partial charge in [-0.05, 0) is 73.2 Å². The molecule has 1 aromatic rings. The molecule has 1 spiro atoms. The number of hydrogen-bond acceptors (Lipinski definition) is 5. The zero-order chi connectivity index (χ0) is 21.3. The van der Waals surface area contributed by atoms with E-state index in [9.17, 15) is 9.18 Å². The predicted octanol–water partition coefficient (Wildman–Crippen LogP) is 2.16. The summed E-state index contributed by atoms with van der Waals surface area (Å²) >= 11 is 0. The molecule has 160 valence electrons. The number of nitrogens with zero attached hydrogens (tertiary/aromatic N) is 1. The number of hydrogen-bond donors (Lipinski definition) is 4. The molecule has 1 saturated heterocycles. The molecule has 0 bridgehead atoms. The number of carbonyl (C=O) groups excluding carboxylic acids is 1. The van der Waals surface area contributed by atoms with Crippen LogP contribution in [0, 0.1) is 11.2 Å². The molecule has 1 atom stereocenters. The Morgan fingerprint density at radius 3 is 2.83 bits per heavy atom. The van der Waals surface area contributed by atoms with Crippen LogP contribution in [0.15, 0.2) is 47.9 Å². The lowest BCUT2D eigenvalue weighted by molar-refractivity contribution is -0.130. The highest BCUT2D eigenvalue weighted by Crippen LogP contribution is 2.54. The summed E-state index contributed by atoms with van der Waals surface area (Å²) < 4.78 is 14.2. The third-order valence-electron chi connectivity index (χ3n) is 6.16. The normalized spacial score (nSPS) is 22.7. The molecule has 7 heteroatoms. The highest BCUT2D eigenvalue weighted by molar-refractivity contribution is 5.89. The number of amides is 1. The van der Waals surface area contributed by atoms with Crippen LogP contribution in [0.2, 0.25) is 0 Å². The van der Waals surface area contributed by atoms with Crippen LogP contribution in [-0.2, 0) is 11.3 Å². The summed E-state index contributed by atoms with van der Waals surface area (Å²) in [6.45, 7) is 3.58. The Morgan fingerprint density at radius 2 is 2.17 bits per heavy atom. The van der Waals surface area contributed by atoms with Gasteiger partial charge in [0.25, 0.3) is 0 Å². The van der Waals surface area contributed by atoms with Crippen LogP contribution in [0.1, 0.15) is 37.3 Å². The number of likely N-dealkylation sites (tertiary alicyclic amines) is 1. The van der Waals surface area contributed by atoms with Crippen LogP contribution in [0.4, 0.5) is 4.39 Å². The molecular formula is C23H30FN5O. The van der Waals surface area contributed by atoms with Crippen molar-refractivity contribution in [2.24, 2.45) is 11.1 Å². The number of rotatable bonds is 7. The number of allylic oxidation sites excluding steroid dienone is 2. The van der Waals surface area contributed by atoms with E-state index in [0.29, 0.717) is 13.1 Å². The monoisotopic (exact) mass is 411 g/mol. The van der Waals surface area contributed by atoms with Crippen molar-refractivity contribution in [3.63, 3.8) is 0 Å². The molecule has 5 N–H and O–H groups in total. The van der Waals surface area contributed by atoms with E-state index < -0.39 is 0 Å². The molecule has 0 aromatic heterocycles. The van der Waals surface area contributed by atoms with Crippen LogP contribution in [-0.4, -0.2) is 37.1 Å².